The molecule has 0 atom stereocenters. The second-order valence-electron chi connectivity index (χ2n) is 4.84. The molecule has 0 fully saturated rings. The van der Waals surface area contributed by atoms with Gasteiger partial charge in [0, 0.05) is 29.2 Å². The zero-order chi connectivity index (χ0) is 15.4. The van der Waals surface area contributed by atoms with Crippen LogP contribution in [0.4, 0.5) is 5.69 Å². The third-order valence-corrected chi connectivity index (χ3v) is 3.23. The van der Waals surface area contributed by atoms with E-state index in [-0.39, 0.29) is 17.9 Å². The molecule has 1 aromatic carbocycles. The van der Waals surface area contributed by atoms with Gasteiger partial charge in [0.25, 0.3) is 0 Å². The Morgan fingerprint density at radius 3 is 2.24 bits per heavy atom. The summed E-state index contributed by atoms with van der Waals surface area (Å²) in [6.07, 6.45) is 0. The highest BCUT2D eigenvalue weighted by molar-refractivity contribution is 5.90. The average molecular weight is 286 g/mol. The summed E-state index contributed by atoms with van der Waals surface area (Å²) in [5.41, 5.74) is 2.20. The van der Waals surface area contributed by atoms with Gasteiger partial charge in [0.1, 0.15) is 12.3 Å². The molecule has 0 bridgehead atoms. The van der Waals surface area contributed by atoms with Crippen molar-refractivity contribution in [2.24, 2.45) is 0 Å². The van der Waals surface area contributed by atoms with Gasteiger partial charge in [-0.2, -0.15) is 0 Å². The number of pyridine rings is 1. The van der Waals surface area contributed by atoms with Gasteiger partial charge in [-0.3, -0.25) is 9.59 Å². The summed E-state index contributed by atoms with van der Waals surface area (Å²) in [6.45, 7) is 3.80. The summed E-state index contributed by atoms with van der Waals surface area (Å²) in [4.78, 5) is 23.5. The van der Waals surface area contributed by atoms with E-state index >= 15 is 0 Å². The molecule has 1 heterocycles. The van der Waals surface area contributed by atoms with E-state index in [1.807, 2.05) is 13.8 Å². The number of hydrogen-bond donors (Lipinski definition) is 1. The molecule has 2 aromatic rings. The Balaban J connectivity index is 2.09. The number of benzene rings is 1. The Kier molecular flexibility index (Phi) is 4.42. The normalized spacial score (nSPS) is 10.2. The fraction of sp³-hybridized carbons (Fsp3) is 0.250. The fourth-order valence-corrected chi connectivity index (χ4v) is 2.16. The maximum atomic E-state index is 12.1. The third kappa shape index (κ3) is 3.72. The van der Waals surface area contributed by atoms with Crippen LogP contribution in [-0.2, 0) is 11.3 Å². The highest BCUT2D eigenvalue weighted by atomic mass is 16.5. The summed E-state index contributed by atoms with van der Waals surface area (Å²) in [7, 11) is 1.59. The van der Waals surface area contributed by atoms with E-state index in [2.05, 4.69) is 5.32 Å². The minimum absolute atomic E-state index is 0.0446. The first-order valence-corrected chi connectivity index (χ1v) is 6.61. The van der Waals surface area contributed by atoms with Gasteiger partial charge in [-0.25, -0.2) is 0 Å². The number of carbonyl (C=O) groups is 1. The summed E-state index contributed by atoms with van der Waals surface area (Å²) in [6, 6.07) is 10.2. The number of carbonyl (C=O) groups excluding carboxylic acids is 1. The van der Waals surface area contributed by atoms with Crippen LogP contribution in [0.15, 0.2) is 41.2 Å². The number of methoxy groups -OCH3 is 1. The zero-order valence-electron chi connectivity index (χ0n) is 12.3. The Hall–Kier alpha value is -2.56. The Morgan fingerprint density at radius 1 is 1.14 bits per heavy atom. The van der Waals surface area contributed by atoms with Crippen LogP contribution in [0, 0.1) is 13.8 Å². The van der Waals surface area contributed by atoms with Gasteiger partial charge in [-0.05, 0) is 38.1 Å². The second kappa shape index (κ2) is 6.26. The molecule has 5 heteroatoms. The van der Waals surface area contributed by atoms with Crippen LogP contribution in [0.2, 0.25) is 0 Å². The maximum Gasteiger partial charge on any atom is 0.244 e. The minimum Gasteiger partial charge on any atom is -0.497 e. The van der Waals surface area contributed by atoms with Crippen molar-refractivity contribution >= 4 is 11.6 Å². The monoisotopic (exact) mass is 286 g/mol. The fourth-order valence-electron chi connectivity index (χ4n) is 2.16. The Morgan fingerprint density at radius 2 is 1.71 bits per heavy atom. The first-order chi connectivity index (χ1) is 9.99. The summed E-state index contributed by atoms with van der Waals surface area (Å²) in [5, 5.41) is 2.82. The molecule has 1 N–H and O–H groups in total. The van der Waals surface area contributed by atoms with E-state index in [0.717, 1.165) is 17.1 Å². The van der Waals surface area contributed by atoms with Crippen molar-refractivity contribution in [2.75, 3.05) is 12.4 Å². The highest BCUT2D eigenvalue weighted by Gasteiger charge is 2.07. The quantitative estimate of drug-likeness (QED) is 0.936. The molecule has 0 spiro atoms. The standard InChI is InChI=1S/C16H18N2O3/c1-11-8-14(19)9-12(2)18(11)10-16(20)17-13-4-6-15(21-3)7-5-13/h4-9H,10H2,1-3H3,(H,17,20). The van der Waals surface area contributed by atoms with Crippen molar-refractivity contribution in [1.29, 1.82) is 0 Å². The van der Waals surface area contributed by atoms with Gasteiger partial charge < -0.3 is 14.6 Å². The molecule has 0 saturated carbocycles. The van der Waals surface area contributed by atoms with E-state index in [1.165, 1.54) is 12.1 Å². The molecule has 0 radical (unpaired) electrons. The summed E-state index contributed by atoms with van der Waals surface area (Å²) < 4.78 is 6.87. The van der Waals surface area contributed by atoms with Crippen LogP contribution in [0.1, 0.15) is 11.4 Å². The molecule has 1 aromatic heterocycles. The molecule has 0 aliphatic rings. The lowest BCUT2D eigenvalue weighted by Gasteiger charge is -2.14. The molecule has 0 unspecified atom stereocenters. The highest BCUT2D eigenvalue weighted by Crippen LogP contribution is 2.15. The van der Waals surface area contributed by atoms with Crippen molar-refractivity contribution in [3.05, 3.63) is 58.0 Å². The number of hydrogen-bond acceptors (Lipinski definition) is 3. The zero-order valence-corrected chi connectivity index (χ0v) is 12.3. The predicted octanol–water partition coefficient (Wildman–Crippen LogP) is 2.11. The lowest BCUT2D eigenvalue weighted by atomic mass is 10.2. The maximum absolute atomic E-state index is 12.1. The number of ether oxygens (including phenoxy) is 1. The molecule has 5 nitrogen and oxygen atoms in total. The van der Waals surface area contributed by atoms with Gasteiger partial charge in [0.2, 0.25) is 5.91 Å². The van der Waals surface area contributed by atoms with Crippen molar-refractivity contribution < 1.29 is 9.53 Å². The lowest BCUT2D eigenvalue weighted by Crippen LogP contribution is -2.23. The molecule has 0 saturated heterocycles. The third-order valence-electron chi connectivity index (χ3n) is 3.23. The van der Waals surface area contributed by atoms with Crippen molar-refractivity contribution in [3.8, 4) is 5.75 Å². The first-order valence-electron chi connectivity index (χ1n) is 6.61. The molecule has 21 heavy (non-hydrogen) atoms. The van der Waals surface area contributed by atoms with Crippen LogP contribution >= 0.6 is 0 Å². The first kappa shape index (κ1) is 14.8. The topological polar surface area (TPSA) is 60.3 Å². The van der Waals surface area contributed by atoms with Crippen LogP contribution in [0.5, 0.6) is 5.75 Å². The van der Waals surface area contributed by atoms with Gasteiger partial charge in [0.15, 0.2) is 5.43 Å². The van der Waals surface area contributed by atoms with Gasteiger partial charge in [-0.15, -0.1) is 0 Å². The van der Waals surface area contributed by atoms with Crippen LogP contribution in [0.25, 0.3) is 0 Å². The van der Waals surface area contributed by atoms with Crippen molar-refractivity contribution in [2.45, 2.75) is 20.4 Å². The second-order valence-corrected chi connectivity index (χ2v) is 4.84. The smallest absolute Gasteiger partial charge is 0.244 e. The number of aromatic nitrogens is 1. The number of aryl methyl sites for hydroxylation is 2. The number of amides is 1. The van der Waals surface area contributed by atoms with E-state index in [4.69, 9.17) is 4.74 Å². The molecule has 0 aliphatic carbocycles. The van der Waals surface area contributed by atoms with Crippen LogP contribution in [-0.4, -0.2) is 17.6 Å². The van der Waals surface area contributed by atoms with Crippen LogP contribution in [0.3, 0.4) is 0 Å². The van der Waals surface area contributed by atoms with E-state index in [9.17, 15) is 9.59 Å². The van der Waals surface area contributed by atoms with Gasteiger partial charge >= 0.3 is 0 Å². The molecule has 0 aliphatic heterocycles. The van der Waals surface area contributed by atoms with Gasteiger partial charge in [-0.1, -0.05) is 0 Å². The average Bonchev–Trinajstić information content (AvgIpc) is 2.43. The number of nitrogens with zero attached hydrogens (tertiary/aromatic N) is 1. The van der Waals surface area contributed by atoms with Gasteiger partial charge in [0.05, 0.1) is 7.11 Å². The predicted molar refractivity (Wildman–Crippen MR) is 81.8 cm³/mol. The van der Waals surface area contributed by atoms with Crippen molar-refractivity contribution in [1.82, 2.24) is 4.57 Å². The molecule has 110 valence electrons. The lowest BCUT2D eigenvalue weighted by molar-refractivity contribution is -0.116. The molecular weight excluding hydrogens is 268 g/mol. The Labute approximate surface area is 123 Å². The SMILES string of the molecule is COc1ccc(NC(=O)Cn2c(C)cc(=O)cc2C)cc1. The number of anilines is 1. The molecule has 2 rings (SSSR count). The van der Waals surface area contributed by atoms with Crippen molar-refractivity contribution in [3.63, 3.8) is 0 Å². The molecule has 1 amide bonds. The summed E-state index contributed by atoms with van der Waals surface area (Å²) in [5.74, 6) is 0.593. The summed E-state index contributed by atoms with van der Waals surface area (Å²) >= 11 is 0. The minimum atomic E-state index is -0.144. The van der Waals surface area contributed by atoms with E-state index < -0.39 is 0 Å². The van der Waals surface area contributed by atoms with E-state index in [1.54, 1.807) is 35.9 Å². The largest absolute Gasteiger partial charge is 0.497 e. The number of nitrogens with one attached hydrogen (secondary N) is 1. The number of rotatable bonds is 4. The molecular formula is C16H18N2O3. The van der Waals surface area contributed by atoms with E-state index in [0.29, 0.717) is 5.69 Å². The van der Waals surface area contributed by atoms with Crippen LogP contribution < -0.4 is 15.5 Å². The Bertz CT molecular complexity index is 676.